The fraction of sp³-hybridized carbons (Fsp3) is 0.250. The molecule has 0 aliphatic heterocycles. The molecule has 0 saturated carbocycles. The number of aryl methyl sites for hydroxylation is 2. The summed E-state index contributed by atoms with van der Waals surface area (Å²) in [7, 11) is 0. The van der Waals surface area contributed by atoms with Gasteiger partial charge in [-0.2, -0.15) is 5.26 Å². The summed E-state index contributed by atoms with van der Waals surface area (Å²) in [6.45, 7) is 3.97. The zero-order valence-electron chi connectivity index (χ0n) is 11.5. The Morgan fingerprint density at radius 1 is 1.25 bits per heavy atom. The number of rotatable bonds is 4. The summed E-state index contributed by atoms with van der Waals surface area (Å²) in [5.74, 6) is 1.59. The molecule has 1 aromatic heterocycles. The number of hydrogen-bond acceptors (Lipinski definition) is 3. The van der Waals surface area contributed by atoms with Gasteiger partial charge in [0.15, 0.2) is 0 Å². The predicted molar refractivity (Wildman–Crippen MR) is 79.1 cm³/mol. The number of halogens is 1. The van der Waals surface area contributed by atoms with E-state index in [0.717, 1.165) is 23.4 Å². The minimum absolute atomic E-state index is 0.376. The third-order valence-electron chi connectivity index (χ3n) is 2.95. The highest BCUT2D eigenvalue weighted by Crippen LogP contribution is 2.28. The fourth-order valence-corrected chi connectivity index (χ4v) is 2.07. The van der Waals surface area contributed by atoms with Gasteiger partial charge in [0, 0.05) is 11.6 Å². The topological polar surface area (TPSA) is 45.9 Å². The van der Waals surface area contributed by atoms with Gasteiger partial charge in [0.25, 0.3) is 0 Å². The predicted octanol–water partition coefficient (Wildman–Crippen LogP) is 4.36. The first-order valence-corrected chi connectivity index (χ1v) is 6.94. The Labute approximate surface area is 123 Å². The molecule has 4 heteroatoms. The van der Waals surface area contributed by atoms with Crippen LogP contribution in [0.2, 0.25) is 0 Å². The summed E-state index contributed by atoms with van der Waals surface area (Å²) in [5, 5.41) is 9.20. The molecular weight excluding hydrogens is 272 g/mol. The summed E-state index contributed by atoms with van der Waals surface area (Å²) in [6, 6.07) is 11.3. The van der Waals surface area contributed by atoms with Crippen molar-refractivity contribution in [1.29, 1.82) is 5.26 Å². The van der Waals surface area contributed by atoms with E-state index in [1.54, 1.807) is 12.1 Å². The highest BCUT2D eigenvalue weighted by atomic mass is 35.5. The van der Waals surface area contributed by atoms with Crippen LogP contribution in [0.4, 0.5) is 0 Å². The van der Waals surface area contributed by atoms with E-state index in [1.807, 2.05) is 32.0 Å². The highest BCUT2D eigenvalue weighted by molar-refractivity contribution is 6.17. The number of alkyl halides is 1. The largest absolute Gasteiger partial charge is 0.454 e. The monoisotopic (exact) mass is 286 g/mol. The first kappa shape index (κ1) is 14.4. The highest BCUT2D eigenvalue weighted by Gasteiger charge is 2.09. The molecule has 0 spiro atoms. The van der Waals surface area contributed by atoms with E-state index in [1.165, 1.54) is 0 Å². The lowest BCUT2D eigenvalue weighted by Crippen LogP contribution is -1.97. The maximum Gasteiger partial charge on any atom is 0.148 e. The van der Waals surface area contributed by atoms with Crippen LogP contribution >= 0.6 is 11.6 Å². The molecule has 0 radical (unpaired) electrons. The molecule has 0 atom stereocenters. The number of benzene rings is 1. The molecule has 0 unspecified atom stereocenters. The van der Waals surface area contributed by atoms with Crippen molar-refractivity contribution < 1.29 is 4.74 Å². The Morgan fingerprint density at radius 2 is 2.00 bits per heavy atom. The van der Waals surface area contributed by atoms with Crippen molar-refractivity contribution in [3.05, 3.63) is 52.8 Å². The van der Waals surface area contributed by atoms with Crippen molar-refractivity contribution in [2.24, 2.45) is 0 Å². The molecule has 0 saturated heterocycles. The Morgan fingerprint density at radius 3 is 2.65 bits per heavy atom. The Kier molecular flexibility index (Phi) is 4.60. The van der Waals surface area contributed by atoms with Gasteiger partial charge >= 0.3 is 0 Å². The fourth-order valence-electron chi connectivity index (χ4n) is 1.90. The van der Waals surface area contributed by atoms with Crippen LogP contribution in [0.5, 0.6) is 11.5 Å². The number of nitriles is 1. The minimum Gasteiger partial charge on any atom is -0.454 e. The van der Waals surface area contributed by atoms with Gasteiger partial charge in [-0.05, 0) is 43.2 Å². The Bertz CT molecular complexity index is 662. The lowest BCUT2D eigenvalue weighted by Gasteiger charge is -2.11. The van der Waals surface area contributed by atoms with Crippen molar-refractivity contribution in [3.8, 4) is 17.6 Å². The average molecular weight is 287 g/mol. The number of pyridine rings is 1. The van der Waals surface area contributed by atoms with Gasteiger partial charge in [-0.1, -0.05) is 13.0 Å². The molecule has 0 fully saturated rings. The van der Waals surface area contributed by atoms with E-state index in [0.29, 0.717) is 22.9 Å². The van der Waals surface area contributed by atoms with Gasteiger partial charge in [0.05, 0.1) is 11.3 Å². The van der Waals surface area contributed by atoms with Crippen molar-refractivity contribution >= 4 is 11.6 Å². The van der Waals surface area contributed by atoms with E-state index in [-0.39, 0.29) is 0 Å². The van der Waals surface area contributed by atoms with Gasteiger partial charge in [0.2, 0.25) is 0 Å². The average Bonchev–Trinajstić information content (AvgIpc) is 2.49. The number of aromatic nitrogens is 1. The van der Waals surface area contributed by atoms with Gasteiger partial charge in [0.1, 0.15) is 17.6 Å². The lowest BCUT2D eigenvalue weighted by molar-refractivity contribution is 0.471. The molecule has 20 heavy (non-hydrogen) atoms. The molecule has 2 rings (SSSR count). The first-order chi connectivity index (χ1) is 9.67. The summed E-state index contributed by atoms with van der Waals surface area (Å²) in [4.78, 5) is 4.45. The Balaban J connectivity index is 2.37. The first-order valence-electron chi connectivity index (χ1n) is 6.41. The number of ether oxygens (including phenoxy) is 1. The third kappa shape index (κ3) is 3.09. The molecule has 0 aliphatic rings. The SMILES string of the molecule is CCc1nc(C)ccc1Oc1ccc(CCl)cc1C#N. The lowest BCUT2D eigenvalue weighted by atomic mass is 10.1. The maximum absolute atomic E-state index is 9.20. The second kappa shape index (κ2) is 6.40. The molecule has 102 valence electrons. The van der Waals surface area contributed by atoms with Crippen LogP contribution in [-0.2, 0) is 12.3 Å². The molecule has 3 nitrogen and oxygen atoms in total. The quantitative estimate of drug-likeness (QED) is 0.785. The van der Waals surface area contributed by atoms with Gasteiger partial charge in [-0.15, -0.1) is 11.6 Å². The van der Waals surface area contributed by atoms with E-state index in [9.17, 15) is 5.26 Å². The second-order valence-electron chi connectivity index (χ2n) is 4.43. The molecule has 1 aromatic carbocycles. The minimum atomic E-state index is 0.376. The summed E-state index contributed by atoms with van der Waals surface area (Å²) in [5.41, 5.74) is 3.21. The van der Waals surface area contributed by atoms with E-state index in [2.05, 4.69) is 11.1 Å². The van der Waals surface area contributed by atoms with Crippen molar-refractivity contribution in [2.45, 2.75) is 26.1 Å². The van der Waals surface area contributed by atoms with E-state index < -0.39 is 0 Å². The van der Waals surface area contributed by atoms with Crippen LogP contribution in [-0.4, -0.2) is 4.98 Å². The molecule has 0 aliphatic carbocycles. The molecule has 2 aromatic rings. The summed E-state index contributed by atoms with van der Waals surface area (Å²) < 4.78 is 5.85. The number of nitrogens with zero attached hydrogens (tertiary/aromatic N) is 2. The van der Waals surface area contributed by atoms with E-state index in [4.69, 9.17) is 16.3 Å². The molecule has 0 N–H and O–H groups in total. The van der Waals surface area contributed by atoms with Crippen molar-refractivity contribution in [1.82, 2.24) is 4.98 Å². The summed E-state index contributed by atoms with van der Waals surface area (Å²) >= 11 is 5.77. The molecule has 1 heterocycles. The number of hydrogen-bond donors (Lipinski definition) is 0. The maximum atomic E-state index is 9.20. The smallest absolute Gasteiger partial charge is 0.148 e. The van der Waals surface area contributed by atoms with Crippen LogP contribution in [0.3, 0.4) is 0 Å². The van der Waals surface area contributed by atoms with Crippen LogP contribution in [0.1, 0.15) is 29.4 Å². The van der Waals surface area contributed by atoms with Gasteiger partial charge < -0.3 is 4.74 Å². The normalized spacial score (nSPS) is 10.1. The van der Waals surface area contributed by atoms with E-state index >= 15 is 0 Å². The standard InChI is InChI=1S/C16H15ClN2O/c1-3-14-16(6-4-11(2)19-14)20-15-7-5-12(9-17)8-13(15)10-18/h4-8H,3,9H2,1-2H3. The van der Waals surface area contributed by atoms with Crippen LogP contribution in [0.15, 0.2) is 30.3 Å². The van der Waals surface area contributed by atoms with Crippen LogP contribution in [0, 0.1) is 18.3 Å². The molecular formula is C16H15ClN2O. The zero-order chi connectivity index (χ0) is 14.5. The van der Waals surface area contributed by atoms with Crippen LogP contribution < -0.4 is 4.74 Å². The second-order valence-corrected chi connectivity index (χ2v) is 4.70. The van der Waals surface area contributed by atoms with Crippen LogP contribution in [0.25, 0.3) is 0 Å². The Hall–Kier alpha value is -2.05. The van der Waals surface area contributed by atoms with Gasteiger partial charge in [-0.3, -0.25) is 4.98 Å². The zero-order valence-corrected chi connectivity index (χ0v) is 12.2. The van der Waals surface area contributed by atoms with Gasteiger partial charge in [-0.25, -0.2) is 0 Å². The third-order valence-corrected chi connectivity index (χ3v) is 3.25. The molecule has 0 amide bonds. The molecule has 0 bridgehead atoms. The van der Waals surface area contributed by atoms with Crippen molar-refractivity contribution in [2.75, 3.05) is 0 Å². The van der Waals surface area contributed by atoms with Crippen molar-refractivity contribution in [3.63, 3.8) is 0 Å². The summed E-state index contributed by atoms with van der Waals surface area (Å²) in [6.07, 6.45) is 0.776.